The van der Waals surface area contributed by atoms with E-state index in [1.54, 1.807) is 25.3 Å². The number of fused-ring (bicyclic) bond motifs is 12. The Morgan fingerprint density at radius 1 is 0.381 bits per heavy atom. The van der Waals surface area contributed by atoms with Gasteiger partial charge in [0.05, 0.1) is 138 Å². The van der Waals surface area contributed by atoms with Gasteiger partial charge < -0.3 is 33.0 Å². The van der Waals surface area contributed by atoms with Crippen LogP contribution in [0.15, 0.2) is 191 Å². The van der Waals surface area contributed by atoms with Gasteiger partial charge in [0.15, 0.2) is 52.1 Å². The molecule has 0 bridgehead atoms. The van der Waals surface area contributed by atoms with Gasteiger partial charge >= 0.3 is 11.9 Å². The van der Waals surface area contributed by atoms with Crippen LogP contribution in [0.1, 0.15) is 149 Å². The van der Waals surface area contributed by atoms with E-state index in [9.17, 15) is 9.59 Å². The lowest BCUT2D eigenvalue weighted by Crippen LogP contribution is -2.14. The van der Waals surface area contributed by atoms with Crippen LogP contribution in [0.4, 0.5) is 0 Å². The average molecular weight is 1540 g/mol. The predicted octanol–water partition coefficient (Wildman–Crippen LogP) is 13.9. The Bertz CT molecular complexity index is 5960. The van der Waals surface area contributed by atoms with Crippen molar-refractivity contribution in [1.82, 2.24) is 38.2 Å². The second-order valence-electron chi connectivity index (χ2n) is 25.6. The first-order valence-corrected chi connectivity index (χ1v) is 36.8. The minimum Gasteiger partial charge on any atom is -0.434 e. The Kier molecular flexibility index (Phi) is 23.8. The van der Waals surface area contributed by atoms with E-state index in [0.29, 0.717) is 35.9 Å². The number of nitrogens with zero attached hydrogens (tertiary/aromatic N) is 12. The highest BCUT2D eigenvalue weighted by molar-refractivity contribution is 7.15. The molecule has 0 unspecified atom stereocenters. The van der Waals surface area contributed by atoms with Gasteiger partial charge in [-0.2, -0.15) is 0 Å². The molecule has 4 aliphatic heterocycles. The van der Waals surface area contributed by atoms with Gasteiger partial charge in [-0.1, -0.05) is 128 Å². The molecule has 16 rings (SSSR count). The fraction of sp³-hybridized carbons (Fsp3) is 0.195. The molecule has 0 saturated heterocycles. The lowest BCUT2D eigenvalue weighted by molar-refractivity contribution is -0.353. The van der Waals surface area contributed by atoms with Gasteiger partial charge in [-0.3, -0.25) is 33.7 Å². The molecule has 0 saturated carbocycles. The maximum Gasteiger partial charge on any atom is 0.361 e. The van der Waals surface area contributed by atoms with Gasteiger partial charge in [0.1, 0.15) is 25.9 Å². The zero-order valence-electron chi connectivity index (χ0n) is 61.0. The number of aliphatic imine (C=N–C) groups is 4. The van der Waals surface area contributed by atoms with E-state index in [1.807, 2.05) is 153 Å². The van der Waals surface area contributed by atoms with Crippen LogP contribution >= 0.6 is 22.7 Å². The highest BCUT2D eigenvalue weighted by atomic mass is 32.1. The van der Waals surface area contributed by atoms with E-state index in [4.69, 9.17) is 93.6 Å². The first kappa shape index (κ1) is 76.9. The van der Waals surface area contributed by atoms with E-state index >= 15 is 0 Å². The lowest BCUT2D eigenvalue weighted by atomic mass is 9.95. The number of esters is 2. The Labute approximate surface area is 659 Å². The molecule has 0 atom stereocenters. The summed E-state index contributed by atoms with van der Waals surface area (Å²) in [7, 11) is 0. The van der Waals surface area contributed by atoms with Crippen molar-refractivity contribution < 1.29 is 57.6 Å². The van der Waals surface area contributed by atoms with Crippen molar-refractivity contribution in [2.45, 2.75) is 74.5 Å². The van der Waals surface area contributed by atoms with E-state index < -0.39 is 11.9 Å². The molecule has 0 fully saturated rings. The van der Waals surface area contributed by atoms with Crippen molar-refractivity contribution in [3.63, 3.8) is 0 Å². The normalized spacial score (nSPS) is 12.7. The van der Waals surface area contributed by atoms with Crippen LogP contribution in [0.3, 0.4) is 0 Å². The maximum atomic E-state index is 13.2. The van der Waals surface area contributed by atoms with Gasteiger partial charge in [-0.15, -0.1) is 48.4 Å². The largest absolute Gasteiger partial charge is 0.434 e. The summed E-state index contributed by atoms with van der Waals surface area (Å²) < 4.78 is 39.8. The van der Waals surface area contributed by atoms with E-state index in [1.165, 1.54) is 22.7 Å². The molecule has 4 aliphatic rings. The van der Waals surface area contributed by atoms with Gasteiger partial charge in [-0.05, 0) is 98.5 Å². The van der Waals surface area contributed by atoms with Crippen molar-refractivity contribution in [1.29, 1.82) is 0 Å². The number of ether oxygens (including phenoxy) is 6. The summed E-state index contributed by atoms with van der Waals surface area (Å²) in [4.78, 5) is 88.7. The number of thiophene rings is 2. The third-order valence-electron chi connectivity index (χ3n) is 18.9. The predicted molar refractivity (Wildman–Crippen MR) is 427 cm³/mol. The highest BCUT2D eigenvalue weighted by Gasteiger charge is 2.31. The average Bonchev–Trinajstić information content (AvgIpc) is 1.62. The van der Waals surface area contributed by atoms with E-state index in [2.05, 4.69) is 81.7 Å². The molecule has 0 radical (unpaired) electrons. The highest BCUT2D eigenvalue weighted by Crippen LogP contribution is 2.38. The van der Waals surface area contributed by atoms with Crippen molar-refractivity contribution >= 4 is 57.5 Å². The summed E-state index contributed by atoms with van der Waals surface area (Å²) in [5, 5.41) is 0. The van der Waals surface area contributed by atoms with Crippen LogP contribution < -0.4 is 0 Å². The van der Waals surface area contributed by atoms with Crippen LogP contribution in [0.5, 0.6) is 0 Å². The number of carbonyl (C=O) groups excluding carboxylic acids is 2. The molecular formula is C87H72N12O12S2. The fourth-order valence-electron chi connectivity index (χ4n) is 13.3. The minimum absolute atomic E-state index is 0. The van der Waals surface area contributed by atoms with Crippen LogP contribution in [-0.2, 0) is 87.4 Å². The number of benzene rings is 6. The number of aryl methyl sites for hydroxylation is 4. The zero-order valence-corrected chi connectivity index (χ0v) is 62.7. The number of hydrogen-bond donors (Lipinski definition) is 0. The summed E-state index contributed by atoms with van der Waals surface area (Å²) in [5.41, 5.74) is 23.0. The van der Waals surface area contributed by atoms with Crippen LogP contribution in [0.25, 0.3) is 22.7 Å². The van der Waals surface area contributed by atoms with Crippen molar-refractivity contribution in [2.75, 3.05) is 40.8 Å². The number of carbonyl (C=O) groups is 2. The molecular weight excluding hydrogens is 1470 g/mol. The third-order valence-corrected chi connectivity index (χ3v) is 21.0. The van der Waals surface area contributed by atoms with E-state index in [-0.39, 0.29) is 85.9 Å². The molecule has 564 valence electrons. The molecule has 26 heteroatoms. The zero-order chi connectivity index (χ0) is 77.2. The van der Waals surface area contributed by atoms with E-state index in [0.717, 1.165) is 143 Å². The minimum atomic E-state index is -0.659. The first-order valence-electron chi connectivity index (χ1n) is 35.1. The summed E-state index contributed by atoms with van der Waals surface area (Å²) in [6.45, 7) is 7.82. The summed E-state index contributed by atoms with van der Waals surface area (Å²) in [5.74, 6) is 9.60. The lowest BCUT2D eigenvalue weighted by Gasteiger charge is -2.14. The van der Waals surface area contributed by atoms with Gasteiger partial charge in [0.2, 0.25) is 0 Å². The first-order chi connectivity index (χ1) is 54.9. The standard InChI is InChI=1S/C45H36N6O6.C41H32N6O6S2.CH4/c1-5-31-15-17-38-35(19-31)42(33-13-9-7-11-29(33)3)46-21-40-37(48-24-50(38)40)23-56-57-28-54-26-53-27-55-45(52)44-41-22-47-43(34-14-10-8-12-30(34)4)36-20-32(6-2)16-18-39(36)51(41)25-49-44;1-5-27-15-32-39(54-27)36(29-13-9-7-11-25(29)3)42-17-34-31(44-20-46(32)34)19-52-53-24-50-22-49-23-51-41(48)38-35-18-43-37(30-14-10-8-12-26(30)4)40-33(47(35)21-45-38)16-28(6-2)55-40;/h1-2,7-20,24-25H,21-23,26-28H2,3-4H3;1-2,7-16,20-21H,17-19,22-24H2,3-4H3;1H4. The molecule has 6 aromatic carbocycles. The molecule has 12 aromatic rings. The maximum absolute atomic E-state index is 13.2. The molecule has 10 heterocycles. The van der Waals surface area contributed by atoms with Gasteiger partial charge in [0, 0.05) is 44.5 Å². The van der Waals surface area contributed by atoms with Crippen LogP contribution in [0.2, 0.25) is 0 Å². The van der Waals surface area contributed by atoms with Crippen molar-refractivity contribution in [3.8, 4) is 72.1 Å². The number of aromatic nitrogens is 8. The number of rotatable bonds is 24. The second kappa shape index (κ2) is 35.0. The smallest absolute Gasteiger partial charge is 0.361 e. The molecule has 0 aliphatic carbocycles. The quantitative estimate of drug-likeness (QED) is 0.0136. The second-order valence-corrected chi connectivity index (χ2v) is 27.7. The molecule has 0 amide bonds. The fourth-order valence-corrected chi connectivity index (χ4v) is 15.3. The van der Waals surface area contributed by atoms with Gasteiger partial charge in [0.25, 0.3) is 0 Å². The third kappa shape index (κ3) is 16.1. The SMILES string of the molecule is C.C#Cc1cc2c(s1)C(c1ccccc1C)=NCc1c(COOCOCOCOC(=O)c3ncn4c3CN=C(c3ccccc3C)c3sc(C#C)cc3-4)ncn1-2.C#Cc1ccc2c(c1)C(c1ccccc1C)=NCc1c(COOCOCOCOC(=O)c3ncn4c3CN=C(c3ccccc3C)c3cc(C#C)ccc3-4)ncn1-2. The van der Waals surface area contributed by atoms with Gasteiger partial charge in [-0.25, -0.2) is 49.1 Å². The number of terminal acetylenes is 4. The summed E-state index contributed by atoms with van der Waals surface area (Å²) in [6, 6.07) is 47.7. The van der Waals surface area contributed by atoms with Crippen LogP contribution in [0, 0.1) is 77.1 Å². The molecule has 113 heavy (non-hydrogen) atoms. The number of hydrogen-bond acceptors (Lipinski definition) is 22. The summed E-state index contributed by atoms with van der Waals surface area (Å²) in [6.07, 6.45) is 29.7. The molecule has 0 N–H and O–H groups in total. The Morgan fingerprint density at radius 3 is 1.12 bits per heavy atom. The monoisotopic (exact) mass is 1540 g/mol. The van der Waals surface area contributed by atoms with Crippen LogP contribution in [-0.4, -0.2) is 114 Å². The summed E-state index contributed by atoms with van der Waals surface area (Å²) >= 11 is 3.00. The molecule has 0 spiro atoms. The topological polar surface area (TPSA) is 247 Å². The Hall–Kier alpha value is -12.9. The van der Waals surface area contributed by atoms with Crippen molar-refractivity contribution in [2.24, 2.45) is 20.0 Å². The Balaban J connectivity index is 0.000000186. The number of imidazole rings is 4. The Morgan fingerprint density at radius 2 is 0.726 bits per heavy atom. The van der Waals surface area contributed by atoms with Crippen molar-refractivity contribution in [3.05, 3.63) is 303 Å². The molecule has 6 aromatic heterocycles. The molecule has 24 nitrogen and oxygen atoms in total.